The lowest BCUT2D eigenvalue weighted by atomic mass is 9.86. The number of hydrogen-bond donors (Lipinski definition) is 0. The average molecular weight is 387 g/mol. The van der Waals surface area contributed by atoms with Gasteiger partial charge in [-0.1, -0.05) is 35.3 Å². The second-order valence-electron chi connectivity index (χ2n) is 7.46. The molecule has 1 fully saturated rings. The van der Waals surface area contributed by atoms with Crippen molar-refractivity contribution in [3.63, 3.8) is 0 Å². The zero-order valence-corrected chi connectivity index (χ0v) is 15.9. The Kier molecular flexibility index (Phi) is 3.91. The Morgan fingerprint density at radius 2 is 1.69 bits per heavy atom. The molecule has 134 valence electrons. The van der Waals surface area contributed by atoms with Crippen LogP contribution >= 0.6 is 23.2 Å². The highest BCUT2D eigenvalue weighted by Gasteiger charge is 2.42. The van der Waals surface area contributed by atoms with E-state index in [1.165, 1.54) is 22.4 Å². The first kappa shape index (κ1) is 16.5. The minimum atomic E-state index is 0.104. The molecule has 3 aliphatic heterocycles. The first-order valence-corrected chi connectivity index (χ1v) is 10.0. The van der Waals surface area contributed by atoms with E-state index in [-0.39, 0.29) is 18.0 Å². The van der Waals surface area contributed by atoms with Crippen LogP contribution in [0.5, 0.6) is 0 Å². The summed E-state index contributed by atoms with van der Waals surface area (Å²) in [5.74, 6) is 0.269. The normalized spacial score (nSPS) is 24.3. The van der Waals surface area contributed by atoms with E-state index in [0.29, 0.717) is 6.42 Å². The van der Waals surface area contributed by atoms with Crippen molar-refractivity contribution < 1.29 is 4.79 Å². The van der Waals surface area contributed by atoms with Gasteiger partial charge in [0.25, 0.3) is 0 Å². The Labute approximate surface area is 163 Å². The zero-order chi connectivity index (χ0) is 17.8. The molecule has 1 amide bonds. The lowest BCUT2D eigenvalue weighted by Crippen LogP contribution is -2.39. The Hall–Kier alpha value is -1.71. The van der Waals surface area contributed by atoms with Crippen LogP contribution in [0.15, 0.2) is 36.4 Å². The summed E-state index contributed by atoms with van der Waals surface area (Å²) in [7, 11) is 0. The Morgan fingerprint density at radius 3 is 2.42 bits per heavy atom. The minimum absolute atomic E-state index is 0.104. The van der Waals surface area contributed by atoms with Crippen molar-refractivity contribution >= 4 is 34.8 Å². The molecule has 2 atom stereocenters. The minimum Gasteiger partial charge on any atom is -0.364 e. The van der Waals surface area contributed by atoms with Crippen molar-refractivity contribution in [2.75, 3.05) is 18.0 Å². The van der Waals surface area contributed by atoms with Gasteiger partial charge in [0.1, 0.15) is 0 Å². The molecule has 26 heavy (non-hydrogen) atoms. The molecule has 5 rings (SSSR count). The van der Waals surface area contributed by atoms with Crippen molar-refractivity contribution in [3.05, 3.63) is 63.1 Å². The van der Waals surface area contributed by atoms with Crippen LogP contribution < -0.4 is 4.90 Å². The van der Waals surface area contributed by atoms with Gasteiger partial charge in [0.2, 0.25) is 5.91 Å². The van der Waals surface area contributed by atoms with Crippen molar-refractivity contribution in [2.45, 2.75) is 37.8 Å². The van der Waals surface area contributed by atoms with E-state index < -0.39 is 0 Å². The first-order valence-electron chi connectivity index (χ1n) is 9.26. The molecule has 0 aromatic heterocycles. The summed E-state index contributed by atoms with van der Waals surface area (Å²) < 4.78 is 0. The van der Waals surface area contributed by atoms with Crippen LogP contribution in [0.2, 0.25) is 10.0 Å². The summed E-state index contributed by atoms with van der Waals surface area (Å²) in [4.78, 5) is 17.1. The van der Waals surface area contributed by atoms with Crippen molar-refractivity contribution in [1.29, 1.82) is 0 Å². The van der Waals surface area contributed by atoms with Gasteiger partial charge in [0, 0.05) is 35.2 Å². The predicted molar refractivity (Wildman–Crippen MR) is 105 cm³/mol. The molecule has 3 nitrogen and oxygen atoms in total. The van der Waals surface area contributed by atoms with E-state index >= 15 is 0 Å². The number of hydrogen-bond acceptors (Lipinski definition) is 2. The number of nitrogens with zero attached hydrogens (tertiary/aromatic N) is 2. The third-order valence-electron chi connectivity index (χ3n) is 6.02. The molecular weight excluding hydrogens is 367 g/mol. The van der Waals surface area contributed by atoms with Gasteiger partial charge in [0.15, 0.2) is 0 Å². The Bertz CT molecular complexity index is 880. The van der Waals surface area contributed by atoms with Gasteiger partial charge in [-0.25, -0.2) is 0 Å². The number of halogens is 2. The van der Waals surface area contributed by atoms with Crippen LogP contribution in [0, 0.1) is 0 Å². The highest BCUT2D eigenvalue weighted by molar-refractivity contribution is 6.31. The summed E-state index contributed by atoms with van der Waals surface area (Å²) in [5.41, 5.74) is 5.10. The summed E-state index contributed by atoms with van der Waals surface area (Å²) >= 11 is 12.5. The van der Waals surface area contributed by atoms with Gasteiger partial charge >= 0.3 is 0 Å². The fourth-order valence-electron chi connectivity index (χ4n) is 4.90. The van der Waals surface area contributed by atoms with E-state index in [2.05, 4.69) is 34.1 Å². The molecule has 2 aromatic carbocycles. The monoisotopic (exact) mass is 386 g/mol. The second-order valence-corrected chi connectivity index (χ2v) is 8.33. The van der Waals surface area contributed by atoms with Crippen LogP contribution in [-0.4, -0.2) is 23.9 Å². The number of amides is 1. The van der Waals surface area contributed by atoms with Crippen LogP contribution in [0.4, 0.5) is 5.69 Å². The van der Waals surface area contributed by atoms with E-state index in [1.807, 2.05) is 12.1 Å². The third-order valence-corrected chi connectivity index (χ3v) is 6.49. The van der Waals surface area contributed by atoms with E-state index in [4.69, 9.17) is 23.2 Å². The van der Waals surface area contributed by atoms with E-state index in [0.717, 1.165) is 42.4 Å². The SMILES string of the molecule is O=C1CCCN1C1CC(c2ccc(Cl)cc2)N2CCc3cc(Cl)cc1c32. The number of benzene rings is 2. The fourth-order valence-corrected chi connectivity index (χ4v) is 5.27. The van der Waals surface area contributed by atoms with Crippen LogP contribution in [0.3, 0.4) is 0 Å². The number of carbonyl (C=O) groups is 1. The summed E-state index contributed by atoms with van der Waals surface area (Å²) in [5, 5.41) is 1.53. The number of likely N-dealkylation sites (tertiary alicyclic amines) is 1. The molecule has 3 heterocycles. The quantitative estimate of drug-likeness (QED) is 0.710. The molecule has 0 bridgehead atoms. The maximum Gasteiger partial charge on any atom is 0.223 e. The van der Waals surface area contributed by atoms with Crippen molar-refractivity contribution in [1.82, 2.24) is 4.90 Å². The summed E-state index contributed by atoms with van der Waals surface area (Å²) in [6.45, 7) is 1.84. The fraction of sp³-hybridized carbons (Fsp3) is 0.381. The molecular formula is C21H20Cl2N2O. The molecule has 0 saturated carbocycles. The molecule has 5 heteroatoms. The lowest BCUT2D eigenvalue weighted by molar-refractivity contribution is -0.130. The van der Waals surface area contributed by atoms with Crippen LogP contribution in [-0.2, 0) is 11.2 Å². The van der Waals surface area contributed by atoms with Crippen LogP contribution in [0.1, 0.15) is 48.0 Å². The molecule has 0 aliphatic carbocycles. The van der Waals surface area contributed by atoms with Gasteiger partial charge in [0.05, 0.1) is 12.1 Å². The van der Waals surface area contributed by atoms with E-state index in [1.54, 1.807) is 0 Å². The Morgan fingerprint density at radius 1 is 0.885 bits per heavy atom. The highest BCUT2D eigenvalue weighted by Crippen LogP contribution is 2.51. The molecule has 3 aliphatic rings. The molecule has 1 saturated heterocycles. The van der Waals surface area contributed by atoms with Gasteiger partial charge in [-0.15, -0.1) is 0 Å². The maximum absolute atomic E-state index is 12.5. The topological polar surface area (TPSA) is 23.6 Å². The van der Waals surface area contributed by atoms with Gasteiger partial charge in [-0.3, -0.25) is 4.79 Å². The number of rotatable bonds is 2. The zero-order valence-electron chi connectivity index (χ0n) is 14.4. The standard InChI is InChI=1S/C21H20Cl2N2O/c22-15-5-3-13(4-6-15)18-12-19(24-8-1-2-20(24)26)17-11-16(23)10-14-7-9-25(18)21(14)17/h3-6,10-11,18-19H,1-2,7-9,12H2. The van der Waals surface area contributed by atoms with Crippen molar-refractivity contribution in [2.24, 2.45) is 0 Å². The van der Waals surface area contributed by atoms with Crippen molar-refractivity contribution in [3.8, 4) is 0 Å². The molecule has 2 aromatic rings. The van der Waals surface area contributed by atoms with Gasteiger partial charge < -0.3 is 9.80 Å². The number of anilines is 1. The number of carbonyl (C=O) groups excluding carboxylic acids is 1. The maximum atomic E-state index is 12.5. The smallest absolute Gasteiger partial charge is 0.223 e. The first-order chi connectivity index (χ1) is 12.6. The van der Waals surface area contributed by atoms with E-state index in [9.17, 15) is 4.79 Å². The second kappa shape index (κ2) is 6.17. The lowest BCUT2D eigenvalue weighted by Gasteiger charge is -2.43. The van der Waals surface area contributed by atoms with Gasteiger partial charge in [-0.2, -0.15) is 0 Å². The Balaban J connectivity index is 1.64. The third kappa shape index (κ3) is 2.52. The molecule has 0 radical (unpaired) electrons. The average Bonchev–Trinajstić information content (AvgIpc) is 3.23. The molecule has 0 N–H and O–H groups in total. The largest absolute Gasteiger partial charge is 0.364 e. The summed E-state index contributed by atoms with van der Waals surface area (Å²) in [6, 6.07) is 12.7. The molecule has 2 unspecified atom stereocenters. The predicted octanol–water partition coefficient (Wildman–Crippen LogP) is 5.16. The highest BCUT2D eigenvalue weighted by atomic mass is 35.5. The molecule has 0 spiro atoms. The van der Waals surface area contributed by atoms with Crippen LogP contribution in [0.25, 0.3) is 0 Å². The van der Waals surface area contributed by atoms with Gasteiger partial charge in [-0.05, 0) is 60.2 Å². The summed E-state index contributed by atoms with van der Waals surface area (Å²) in [6.07, 6.45) is 3.52.